The number of rotatable bonds is 7. The quantitative estimate of drug-likeness (QED) is 0.739. The van der Waals surface area contributed by atoms with Crippen molar-refractivity contribution in [1.29, 1.82) is 0 Å². The second kappa shape index (κ2) is 8.60. The van der Waals surface area contributed by atoms with E-state index in [0.29, 0.717) is 12.1 Å². The molecule has 0 radical (unpaired) electrons. The van der Waals surface area contributed by atoms with Gasteiger partial charge in [-0.15, -0.1) is 4.40 Å². The number of nitrogens with zero attached hydrogens (tertiary/aromatic N) is 4. The predicted molar refractivity (Wildman–Crippen MR) is 112 cm³/mol. The molecule has 2 aromatic rings. The molecule has 0 saturated heterocycles. The lowest BCUT2D eigenvalue weighted by Gasteiger charge is -2.20. The van der Waals surface area contributed by atoms with Crippen LogP contribution in [0, 0.1) is 0 Å². The number of benzene rings is 1. The van der Waals surface area contributed by atoms with Crippen molar-refractivity contribution in [3.05, 3.63) is 53.7 Å². The molecular formula is C20H25N5O3S. The van der Waals surface area contributed by atoms with Gasteiger partial charge in [-0.05, 0) is 37.6 Å². The standard InChI is InChI=1S/C20H25N5O3S/c1-4-25(5-2)18-11-10-15(12-21-18)13-22-19(26)14-24(3)20-16-8-6-7-9-17(16)29(27,28)23-20/h6-12H,4-5,13-14H2,1-3H3,(H,22,26). The summed E-state index contributed by atoms with van der Waals surface area (Å²) in [5.74, 6) is 0.953. The van der Waals surface area contributed by atoms with Crippen LogP contribution in [0.2, 0.25) is 0 Å². The lowest BCUT2D eigenvalue weighted by molar-refractivity contribution is -0.121. The van der Waals surface area contributed by atoms with E-state index in [1.54, 1.807) is 36.3 Å². The minimum absolute atomic E-state index is 0.00630. The summed E-state index contributed by atoms with van der Waals surface area (Å²) in [5.41, 5.74) is 1.40. The maximum absolute atomic E-state index is 12.3. The Balaban J connectivity index is 1.59. The molecule has 1 aromatic carbocycles. The highest BCUT2D eigenvalue weighted by Crippen LogP contribution is 2.26. The minimum atomic E-state index is -3.70. The number of likely N-dealkylation sites (N-methyl/N-ethyl adjacent to an activating group) is 1. The Kier molecular flexibility index (Phi) is 6.17. The topological polar surface area (TPSA) is 95.0 Å². The third kappa shape index (κ3) is 4.56. The molecule has 0 atom stereocenters. The second-order valence-electron chi connectivity index (χ2n) is 6.72. The lowest BCUT2D eigenvalue weighted by Crippen LogP contribution is -2.38. The lowest BCUT2D eigenvalue weighted by atomic mass is 10.2. The van der Waals surface area contributed by atoms with Crippen LogP contribution < -0.4 is 10.2 Å². The summed E-state index contributed by atoms with van der Waals surface area (Å²) in [4.78, 5) is 20.6. The fourth-order valence-electron chi connectivity index (χ4n) is 3.17. The number of carbonyl (C=O) groups is 1. The Hall–Kier alpha value is -2.94. The van der Waals surface area contributed by atoms with Gasteiger partial charge in [-0.2, -0.15) is 8.42 Å². The molecule has 2 heterocycles. The molecule has 1 amide bonds. The number of sulfonamides is 1. The fraction of sp³-hybridized carbons (Fsp3) is 0.350. The SMILES string of the molecule is CCN(CC)c1ccc(CNC(=O)CN(C)C2=NS(=O)(=O)c3ccccc32)cn1. The van der Waals surface area contributed by atoms with Crippen molar-refractivity contribution in [3.63, 3.8) is 0 Å². The Morgan fingerprint density at radius 3 is 2.48 bits per heavy atom. The third-order valence-electron chi connectivity index (χ3n) is 4.74. The predicted octanol–water partition coefficient (Wildman–Crippen LogP) is 1.62. The maximum Gasteiger partial charge on any atom is 0.285 e. The molecule has 1 aliphatic rings. The first-order valence-electron chi connectivity index (χ1n) is 9.47. The van der Waals surface area contributed by atoms with Crippen molar-refractivity contribution in [2.45, 2.75) is 25.3 Å². The van der Waals surface area contributed by atoms with Crippen LogP contribution in [0.1, 0.15) is 25.0 Å². The van der Waals surface area contributed by atoms with Gasteiger partial charge in [-0.3, -0.25) is 4.79 Å². The Morgan fingerprint density at radius 1 is 1.10 bits per heavy atom. The highest BCUT2D eigenvalue weighted by atomic mass is 32.2. The van der Waals surface area contributed by atoms with Crippen LogP contribution in [0.15, 0.2) is 51.9 Å². The van der Waals surface area contributed by atoms with E-state index < -0.39 is 10.0 Å². The van der Waals surface area contributed by atoms with Gasteiger partial charge in [0.05, 0.1) is 6.54 Å². The molecule has 3 rings (SSSR count). The molecular weight excluding hydrogens is 390 g/mol. The number of fused-ring (bicyclic) bond motifs is 1. The summed E-state index contributed by atoms with van der Waals surface area (Å²) in [6, 6.07) is 10.5. The van der Waals surface area contributed by atoms with Crippen LogP contribution in [-0.2, 0) is 21.4 Å². The highest BCUT2D eigenvalue weighted by Gasteiger charge is 2.30. The molecule has 0 bridgehead atoms. The van der Waals surface area contributed by atoms with Crippen molar-refractivity contribution >= 4 is 27.6 Å². The second-order valence-corrected chi connectivity index (χ2v) is 8.29. The molecule has 1 aromatic heterocycles. The number of hydrogen-bond acceptors (Lipinski definition) is 6. The first-order valence-corrected chi connectivity index (χ1v) is 10.9. The van der Waals surface area contributed by atoms with Crippen LogP contribution >= 0.6 is 0 Å². The smallest absolute Gasteiger partial charge is 0.285 e. The average Bonchev–Trinajstić information content (AvgIpc) is 3.00. The van der Waals surface area contributed by atoms with Gasteiger partial charge in [0.2, 0.25) is 5.91 Å². The van der Waals surface area contributed by atoms with Crippen LogP contribution in [0.3, 0.4) is 0 Å². The normalized spacial score (nSPS) is 14.1. The van der Waals surface area contributed by atoms with Crippen molar-refractivity contribution in [3.8, 4) is 0 Å². The van der Waals surface area contributed by atoms with E-state index in [9.17, 15) is 13.2 Å². The zero-order valence-electron chi connectivity index (χ0n) is 16.8. The molecule has 0 unspecified atom stereocenters. The Morgan fingerprint density at radius 2 is 1.83 bits per heavy atom. The van der Waals surface area contributed by atoms with Gasteiger partial charge in [-0.1, -0.05) is 18.2 Å². The van der Waals surface area contributed by atoms with Gasteiger partial charge in [0.15, 0.2) is 5.84 Å². The number of amidine groups is 1. The van der Waals surface area contributed by atoms with Crippen molar-refractivity contribution < 1.29 is 13.2 Å². The molecule has 154 valence electrons. The highest BCUT2D eigenvalue weighted by molar-refractivity contribution is 7.90. The first-order chi connectivity index (χ1) is 13.9. The first kappa shape index (κ1) is 20.8. The van der Waals surface area contributed by atoms with E-state index in [-0.39, 0.29) is 23.2 Å². The number of amides is 1. The minimum Gasteiger partial charge on any atom is -0.357 e. The molecule has 1 N–H and O–H groups in total. The van der Waals surface area contributed by atoms with Crippen molar-refractivity contribution in [2.24, 2.45) is 4.40 Å². The number of nitrogens with one attached hydrogen (secondary N) is 1. The summed E-state index contributed by atoms with van der Waals surface area (Å²) in [6.45, 7) is 6.26. The fourth-order valence-corrected chi connectivity index (χ4v) is 4.42. The Labute approximate surface area is 171 Å². The van der Waals surface area contributed by atoms with E-state index in [1.807, 2.05) is 12.1 Å². The van der Waals surface area contributed by atoms with Gasteiger partial charge in [-0.25, -0.2) is 4.98 Å². The van der Waals surface area contributed by atoms with Crippen LogP contribution in [-0.4, -0.2) is 56.7 Å². The zero-order valence-corrected chi connectivity index (χ0v) is 17.6. The maximum atomic E-state index is 12.3. The number of anilines is 1. The van der Waals surface area contributed by atoms with Gasteiger partial charge < -0.3 is 15.1 Å². The molecule has 9 heteroatoms. The van der Waals surface area contributed by atoms with Gasteiger partial charge >= 0.3 is 0 Å². The van der Waals surface area contributed by atoms with Crippen LogP contribution in [0.5, 0.6) is 0 Å². The van der Waals surface area contributed by atoms with Gasteiger partial charge in [0.1, 0.15) is 10.7 Å². The van der Waals surface area contributed by atoms with E-state index in [4.69, 9.17) is 0 Å². The van der Waals surface area contributed by atoms with E-state index in [1.165, 1.54) is 6.07 Å². The largest absolute Gasteiger partial charge is 0.357 e. The number of pyridine rings is 1. The third-order valence-corrected chi connectivity index (χ3v) is 6.07. The average molecular weight is 416 g/mol. The summed E-state index contributed by atoms with van der Waals surface area (Å²) in [5, 5.41) is 2.84. The molecule has 0 fully saturated rings. The summed E-state index contributed by atoms with van der Waals surface area (Å²) < 4.78 is 28.1. The molecule has 0 spiro atoms. The Bertz CT molecular complexity index is 1010. The molecule has 1 aliphatic heterocycles. The summed E-state index contributed by atoms with van der Waals surface area (Å²) >= 11 is 0. The zero-order chi connectivity index (χ0) is 21.0. The molecule has 0 aliphatic carbocycles. The monoisotopic (exact) mass is 415 g/mol. The van der Waals surface area contributed by atoms with E-state index >= 15 is 0 Å². The van der Waals surface area contributed by atoms with Crippen molar-refractivity contribution in [1.82, 2.24) is 15.2 Å². The number of aromatic nitrogens is 1. The van der Waals surface area contributed by atoms with Crippen molar-refractivity contribution in [2.75, 3.05) is 31.6 Å². The number of carbonyl (C=O) groups excluding carboxylic acids is 1. The van der Waals surface area contributed by atoms with Gasteiger partial charge in [0, 0.05) is 38.4 Å². The van der Waals surface area contributed by atoms with E-state index in [2.05, 4.69) is 33.4 Å². The summed E-state index contributed by atoms with van der Waals surface area (Å²) in [7, 11) is -2.05. The molecule has 8 nitrogen and oxygen atoms in total. The van der Waals surface area contributed by atoms with Gasteiger partial charge in [0.25, 0.3) is 10.0 Å². The molecule has 29 heavy (non-hydrogen) atoms. The number of hydrogen-bond donors (Lipinski definition) is 1. The van der Waals surface area contributed by atoms with Crippen LogP contribution in [0.25, 0.3) is 0 Å². The van der Waals surface area contributed by atoms with Crippen LogP contribution in [0.4, 0.5) is 5.82 Å². The van der Waals surface area contributed by atoms with E-state index in [0.717, 1.165) is 24.5 Å². The summed E-state index contributed by atoms with van der Waals surface area (Å²) in [6.07, 6.45) is 1.75. The molecule has 0 saturated carbocycles.